The molecule has 4 heteroatoms. The molecule has 0 atom stereocenters. The van der Waals surface area contributed by atoms with Crippen LogP contribution in [0.2, 0.25) is 0 Å². The maximum Gasteiger partial charge on any atom is 0.0731 e. The summed E-state index contributed by atoms with van der Waals surface area (Å²) in [6.45, 7) is 10.8. The zero-order valence-corrected chi connectivity index (χ0v) is 52.5. The second-order valence-corrected chi connectivity index (χ2v) is 26.2. The maximum atomic E-state index is 4.22. The molecule has 13 aromatic carbocycles. The molecule has 15 aromatic rings. The monoisotopic (exact) mass is 1200 g/mol. The quantitative estimate of drug-likeness (QED) is 0.113. The molecule has 17 rings (SSSR count). The fourth-order valence-corrected chi connectivity index (χ4v) is 17.7. The standard InChI is InChI=1S/C87H62N2S2/c1-5-23-66-55(4)85(90-81(66)7-3)79(24-6-2)88(62-25-10-8-11-26-62)64-46-41-56(42-47-64)58-39-40-60-53-75-78(54-61(60)51-58)87(76-35-19-16-30-68(76)69-31-17-20-36-77(69)87)84-72-50-45-59(52-74(72)67-29-14-15-33-71(67)83(75)84)57-43-48-65(49-44-57)89(63-27-12-9-13-28-63)80-37-22-34-73-70-32-18-21-38-82(70)91-86(73)80/h5,7-54H,3,6H2,1-2,4H3/b23-5-,79-24+. The van der Waals surface area contributed by atoms with E-state index in [9.17, 15) is 0 Å². The lowest BCUT2D eigenvalue weighted by molar-refractivity contribution is 0.803. The normalized spacial score (nSPS) is 13.0. The molecule has 432 valence electrons. The summed E-state index contributed by atoms with van der Waals surface area (Å²) in [6.07, 6.45) is 9.61. The molecule has 91 heavy (non-hydrogen) atoms. The fourth-order valence-electron chi connectivity index (χ4n) is 15.3. The minimum absolute atomic E-state index is 0.584. The number of allylic oxidation sites excluding steroid dienone is 2. The van der Waals surface area contributed by atoms with E-state index in [0.717, 1.165) is 29.2 Å². The summed E-state index contributed by atoms with van der Waals surface area (Å²) < 4.78 is 2.58. The smallest absolute Gasteiger partial charge is 0.0731 e. The lowest BCUT2D eigenvalue weighted by Crippen LogP contribution is -2.26. The van der Waals surface area contributed by atoms with Crippen LogP contribution in [0.1, 0.15) is 63.4 Å². The molecular weight excluding hydrogens is 1140 g/mol. The van der Waals surface area contributed by atoms with Crippen molar-refractivity contribution in [1.29, 1.82) is 0 Å². The predicted molar refractivity (Wildman–Crippen MR) is 394 cm³/mol. The first-order valence-electron chi connectivity index (χ1n) is 31.6. The van der Waals surface area contributed by atoms with E-state index in [1.54, 1.807) is 0 Å². The van der Waals surface area contributed by atoms with E-state index >= 15 is 0 Å². The van der Waals surface area contributed by atoms with E-state index in [-0.39, 0.29) is 0 Å². The first-order valence-corrected chi connectivity index (χ1v) is 33.2. The number of anilines is 5. The minimum atomic E-state index is -0.584. The van der Waals surface area contributed by atoms with Crippen LogP contribution >= 0.6 is 22.7 Å². The highest BCUT2D eigenvalue weighted by molar-refractivity contribution is 7.26. The number of fused-ring (bicyclic) bond motifs is 19. The summed E-state index contributed by atoms with van der Waals surface area (Å²) in [5.41, 5.74) is 24.1. The lowest BCUT2D eigenvalue weighted by Gasteiger charge is -2.32. The van der Waals surface area contributed by atoms with Crippen LogP contribution in [-0.2, 0) is 5.41 Å². The largest absolute Gasteiger partial charge is 0.309 e. The van der Waals surface area contributed by atoms with Gasteiger partial charge in [0.25, 0.3) is 0 Å². The summed E-state index contributed by atoms with van der Waals surface area (Å²) in [5.74, 6) is 0. The first-order chi connectivity index (χ1) is 44.9. The third-order valence-electron chi connectivity index (χ3n) is 19.2. The molecular formula is C87H62N2S2. The van der Waals surface area contributed by atoms with Crippen LogP contribution in [0.3, 0.4) is 0 Å². The Morgan fingerprint density at radius 3 is 1.75 bits per heavy atom. The Hall–Kier alpha value is -10.6. The molecule has 0 saturated heterocycles. The van der Waals surface area contributed by atoms with Crippen molar-refractivity contribution in [3.05, 3.63) is 335 Å². The van der Waals surface area contributed by atoms with Gasteiger partial charge in [-0.15, -0.1) is 22.7 Å². The number of para-hydroxylation sites is 2. The third kappa shape index (κ3) is 8.43. The third-order valence-corrected chi connectivity index (χ3v) is 21.7. The number of thiophene rings is 2. The summed E-state index contributed by atoms with van der Waals surface area (Å²) in [7, 11) is 0. The Kier molecular flexibility index (Phi) is 13.1. The van der Waals surface area contributed by atoms with Crippen molar-refractivity contribution in [3.63, 3.8) is 0 Å². The van der Waals surface area contributed by atoms with Gasteiger partial charge in [0.1, 0.15) is 0 Å². The Labute approximate surface area is 539 Å². The molecule has 0 unspecified atom stereocenters. The molecule has 2 aromatic heterocycles. The van der Waals surface area contributed by atoms with Crippen LogP contribution in [0.4, 0.5) is 28.4 Å². The van der Waals surface area contributed by atoms with E-state index in [1.165, 1.54) is 152 Å². The molecule has 2 aliphatic carbocycles. The summed E-state index contributed by atoms with van der Waals surface area (Å²) >= 11 is 3.69. The lowest BCUT2D eigenvalue weighted by atomic mass is 9.69. The Bertz CT molecular complexity index is 5440. The molecule has 0 bridgehead atoms. The van der Waals surface area contributed by atoms with Crippen LogP contribution in [-0.4, -0.2) is 0 Å². The number of nitrogens with zero attached hydrogens (tertiary/aromatic N) is 2. The zero-order chi connectivity index (χ0) is 60.9. The van der Waals surface area contributed by atoms with E-state index < -0.39 is 5.41 Å². The van der Waals surface area contributed by atoms with Gasteiger partial charge < -0.3 is 9.80 Å². The molecule has 1 spiro atoms. The van der Waals surface area contributed by atoms with Crippen LogP contribution < -0.4 is 9.80 Å². The highest BCUT2D eigenvalue weighted by Crippen LogP contribution is 2.66. The van der Waals surface area contributed by atoms with Gasteiger partial charge in [0.2, 0.25) is 0 Å². The summed E-state index contributed by atoms with van der Waals surface area (Å²) in [4.78, 5) is 7.29. The Morgan fingerprint density at radius 2 is 1.04 bits per heavy atom. The molecule has 0 amide bonds. The predicted octanol–water partition coefficient (Wildman–Crippen LogP) is 25.3. The molecule has 0 aliphatic heterocycles. The fraction of sp³-hybridized carbons (Fsp3) is 0.0575. The second kappa shape index (κ2) is 21.9. The number of rotatable bonds is 12. The molecule has 0 N–H and O–H groups in total. The van der Waals surface area contributed by atoms with Gasteiger partial charge in [-0.25, -0.2) is 0 Å². The summed E-state index contributed by atoms with van der Waals surface area (Å²) in [6, 6.07) is 103. The Morgan fingerprint density at radius 1 is 0.462 bits per heavy atom. The van der Waals surface area contributed by atoms with E-state index in [0.29, 0.717) is 0 Å². The van der Waals surface area contributed by atoms with Crippen molar-refractivity contribution in [1.82, 2.24) is 0 Å². The topological polar surface area (TPSA) is 6.48 Å². The van der Waals surface area contributed by atoms with Gasteiger partial charge >= 0.3 is 0 Å². The average Bonchev–Trinajstić information content (AvgIpc) is 1.50. The highest BCUT2D eigenvalue weighted by atomic mass is 32.1. The molecule has 0 saturated carbocycles. The molecule has 0 radical (unpaired) electrons. The zero-order valence-electron chi connectivity index (χ0n) is 50.9. The van der Waals surface area contributed by atoms with Crippen molar-refractivity contribution in [2.45, 2.75) is 32.6 Å². The van der Waals surface area contributed by atoms with E-state index in [2.05, 4.69) is 328 Å². The van der Waals surface area contributed by atoms with Gasteiger partial charge in [-0.3, -0.25) is 0 Å². The number of hydrogen-bond donors (Lipinski definition) is 0. The molecule has 2 heterocycles. The minimum Gasteiger partial charge on any atom is -0.309 e. The summed E-state index contributed by atoms with van der Waals surface area (Å²) in [5, 5.41) is 10.1. The van der Waals surface area contributed by atoms with Crippen LogP contribution in [0.5, 0.6) is 0 Å². The molecule has 2 nitrogen and oxygen atoms in total. The van der Waals surface area contributed by atoms with Gasteiger partial charge in [0.15, 0.2) is 0 Å². The molecule has 2 aliphatic rings. The van der Waals surface area contributed by atoms with Crippen LogP contribution in [0.15, 0.2) is 292 Å². The van der Waals surface area contributed by atoms with Crippen LogP contribution in [0.25, 0.3) is 115 Å². The van der Waals surface area contributed by atoms with E-state index in [1.807, 2.05) is 28.7 Å². The number of hydrogen-bond acceptors (Lipinski definition) is 4. The van der Waals surface area contributed by atoms with Gasteiger partial charge in [0, 0.05) is 43.1 Å². The van der Waals surface area contributed by atoms with Crippen molar-refractivity contribution < 1.29 is 0 Å². The van der Waals surface area contributed by atoms with Gasteiger partial charge in [0.05, 0.1) is 26.4 Å². The SMILES string of the molecule is C=Cc1sc(/C(=C\CC)N(c2ccccc2)c2ccc(-c3ccc4cc5c(cc4c3)C3(c4ccccc4-c4ccccc43)c3c-5c4ccccc4c4cc(-c5ccc(N(c6ccccc6)c6cccc7c6sc6ccccc67)cc5)ccc34)cc2)c(C)c1/C=C\C. The highest BCUT2D eigenvalue weighted by Gasteiger charge is 2.53. The van der Waals surface area contributed by atoms with Crippen molar-refractivity contribution in [2.24, 2.45) is 0 Å². The maximum absolute atomic E-state index is 4.22. The van der Waals surface area contributed by atoms with Crippen molar-refractivity contribution >= 4 is 121 Å². The molecule has 0 fully saturated rings. The first kappa shape index (κ1) is 54.5. The van der Waals surface area contributed by atoms with Crippen LogP contribution in [0, 0.1) is 6.92 Å². The van der Waals surface area contributed by atoms with Gasteiger partial charge in [-0.2, -0.15) is 0 Å². The van der Waals surface area contributed by atoms with Gasteiger partial charge in [-0.1, -0.05) is 226 Å². The average molecular weight is 1200 g/mol. The second-order valence-electron chi connectivity index (χ2n) is 24.1. The van der Waals surface area contributed by atoms with Gasteiger partial charge in [-0.05, 0) is 215 Å². The van der Waals surface area contributed by atoms with E-state index in [4.69, 9.17) is 0 Å². The number of benzene rings is 13. The van der Waals surface area contributed by atoms with Crippen molar-refractivity contribution in [3.8, 4) is 44.5 Å². The Balaban J connectivity index is 0.800. The van der Waals surface area contributed by atoms with Crippen molar-refractivity contribution in [2.75, 3.05) is 9.80 Å².